The molecule has 0 heterocycles. The van der Waals surface area contributed by atoms with E-state index in [4.69, 9.17) is 16.3 Å². The molecule has 2 N–H and O–H groups in total. The minimum absolute atomic E-state index is 0.00493. The largest absolute Gasteiger partial charge is 0.486 e. The molecule has 0 atom stereocenters. The van der Waals surface area contributed by atoms with Crippen LogP contribution in [0, 0.1) is 10.1 Å². The predicted molar refractivity (Wildman–Crippen MR) is 148 cm³/mol. The van der Waals surface area contributed by atoms with Gasteiger partial charge in [0.15, 0.2) is 11.4 Å². The SMILES string of the molecule is O=C(N/N=C/c1cc(Cl)c(OCc2ccc([N+](=O)[O-])cc2)c(Br)c1)C(O)(c1ccccc1)c1ccccc1. The summed E-state index contributed by atoms with van der Waals surface area (Å²) in [5.74, 6) is -0.340. The lowest BCUT2D eigenvalue weighted by molar-refractivity contribution is -0.384. The van der Waals surface area contributed by atoms with E-state index in [1.807, 2.05) is 0 Å². The van der Waals surface area contributed by atoms with Crippen LogP contribution in [0.1, 0.15) is 22.3 Å². The molecule has 0 unspecified atom stereocenters. The number of nitro groups is 1. The van der Waals surface area contributed by atoms with E-state index >= 15 is 0 Å². The van der Waals surface area contributed by atoms with E-state index in [0.29, 0.717) is 31.9 Å². The molecule has 4 aromatic rings. The highest BCUT2D eigenvalue weighted by atomic mass is 79.9. The maximum Gasteiger partial charge on any atom is 0.281 e. The Morgan fingerprint density at radius 2 is 1.61 bits per heavy atom. The van der Waals surface area contributed by atoms with E-state index in [0.717, 1.165) is 5.56 Å². The van der Waals surface area contributed by atoms with Crippen LogP contribution in [0.3, 0.4) is 0 Å². The van der Waals surface area contributed by atoms with E-state index < -0.39 is 16.4 Å². The first kappa shape index (κ1) is 27.0. The minimum Gasteiger partial charge on any atom is -0.486 e. The molecule has 8 nitrogen and oxygen atoms in total. The van der Waals surface area contributed by atoms with Crippen LogP contribution in [0.5, 0.6) is 5.75 Å². The van der Waals surface area contributed by atoms with Crippen LogP contribution in [0.15, 0.2) is 107 Å². The highest BCUT2D eigenvalue weighted by Crippen LogP contribution is 2.35. The second kappa shape index (κ2) is 12.0. The van der Waals surface area contributed by atoms with Crippen LogP contribution in [0.4, 0.5) is 5.69 Å². The quantitative estimate of drug-likeness (QED) is 0.141. The number of ether oxygens (including phenoxy) is 1. The summed E-state index contributed by atoms with van der Waals surface area (Å²) in [6, 6.07) is 26.6. The highest BCUT2D eigenvalue weighted by Gasteiger charge is 2.39. The van der Waals surface area contributed by atoms with Crippen LogP contribution in [0.25, 0.3) is 0 Å². The number of hydrogen-bond acceptors (Lipinski definition) is 6. The lowest BCUT2D eigenvalue weighted by Gasteiger charge is -2.27. The number of amides is 1. The molecule has 0 aliphatic heterocycles. The van der Waals surface area contributed by atoms with Crippen molar-refractivity contribution in [1.82, 2.24) is 5.43 Å². The number of benzene rings is 4. The highest BCUT2D eigenvalue weighted by molar-refractivity contribution is 9.10. The first-order valence-electron chi connectivity index (χ1n) is 11.3. The van der Waals surface area contributed by atoms with E-state index in [-0.39, 0.29) is 12.3 Å². The van der Waals surface area contributed by atoms with Crippen molar-refractivity contribution in [3.8, 4) is 5.75 Å². The van der Waals surface area contributed by atoms with Crippen LogP contribution in [0.2, 0.25) is 5.02 Å². The Bertz CT molecular complexity index is 1400. The third kappa shape index (κ3) is 6.08. The number of nitro benzene ring substituents is 1. The Balaban J connectivity index is 1.47. The van der Waals surface area contributed by atoms with Crippen molar-refractivity contribution in [3.05, 3.63) is 139 Å². The second-order valence-corrected chi connectivity index (χ2v) is 9.43. The van der Waals surface area contributed by atoms with E-state index in [1.54, 1.807) is 84.9 Å². The van der Waals surface area contributed by atoms with Gasteiger partial charge in [-0.25, -0.2) is 5.43 Å². The van der Waals surface area contributed by atoms with Crippen molar-refractivity contribution in [2.45, 2.75) is 12.2 Å². The monoisotopic (exact) mass is 593 g/mol. The van der Waals surface area contributed by atoms with Crippen molar-refractivity contribution >= 4 is 45.3 Å². The van der Waals surface area contributed by atoms with Gasteiger partial charge < -0.3 is 9.84 Å². The Labute approximate surface area is 231 Å². The number of nitrogens with one attached hydrogen (secondary N) is 1. The van der Waals surface area contributed by atoms with E-state index in [2.05, 4.69) is 26.5 Å². The molecule has 0 fully saturated rings. The van der Waals surface area contributed by atoms with Crippen LogP contribution >= 0.6 is 27.5 Å². The molecule has 0 aromatic heterocycles. The Morgan fingerprint density at radius 1 is 1.03 bits per heavy atom. The summed E-state index contributed by atoms with van der Waals surface area (Å²) in [5.41, 5.74) is 2.57. The summed E-state index contributed by atoms with van der Waals surface area (Å²) in [7, 11) is 0. The molecule has 0 spiro atoms. The van der Waals surface area contributed by atoms with Gasteiger partial charge in [-0.3, -0.25) is 14.9 Å². The van der Waals surface area contributed by atoms with Gasteiger partial charge in [0.1, 0.15) is 6.61 Å². The number of halogens is 2. The lowest BCUT2D eigenvalue weighted by Crippen LogP contribution is -2.43. The number of nitrogens with zero attached hydrogens (tertiary/aromatic N) is 2. The summed E-state index contributed by atoms with van der Waals surface area (Å²) in [6.45, 7) is 0.150. The molecule has 4 rings (SSSR count). The standard InChI is InChI=1S/C28H21BrClN3O5/c29-24-15-20(16-25(30)26(24)38-18-19-11-13-23(14-12-19)33(36)37)17-31-32-27(34)28(35,21-7-3-1-4-8-21)22-9-5-2-6-10-22/h1-17,35H,18H2,(H,32,34)/b31-17+. The number of aliphatic hydroxyl groups is 1. The molecule has 4 aromatic carbocycles. The molecule has 0 aliphatic carbocycles. The molecule has 0 radical (unpaired) electrons. The van der Waals surface area contributed by atoms with Crippen LogP contribution < -0.4 is 10.2 Å². The Kier molecular flexibility index (Phi) is 8.52. The summed E-state index contributed by atoms with van der Waals surface area (Å²) in [6.07, 6.45) is 1.39. The Hall–Kier alpha value is -4.05. The summed E-state index contributed by atoms with van der Waals surface area (Å²) < 4.78 is 6.34. The molecule has 38 heavy (non-hydrogen) atoms. The first-order chi connectivity index (χ1) is 18.3. The van der Waals surface area contributed by atoms with E-state index in [1.165, 1.54) is 18.3 Å². The second-order valence-electron chi connectivity index (χ2n) is 8.17. The zero-order valence-electron chi connectivity index (χ0n) is 19.8. The smallest absolute Gasteiger partial charge is 0.281 e. The third-order valence-corrected chi connectivity index (χ3v) is 6.51. The maximum atomic E-state index is 13.2. The lowest BCUT2D eigenvalue weighted by atomic mass is 9.85. The van der Waals surface area contributed by atoms with E-state index in [9.17, 15) is 20.0 Å². The molecule has 0 bridgehead atoms. The zero-order valence-corrected chi connectivity index (χ0v) is 22.1. The van der Waals surface area contributed by atoms with Crippen LogP contribution in [-0.2, 0) is 17.0 Å². The van der Waals surface area contributed by atoms with Crippen molar-refractivity contribution in [2.24, 2.45) is 5.10 Å². The number of hydrazone groups is 1. The number of non-ortho nitro benzene ring substituents is 1. The number of carbonyl (C=O) groups is 1. The number of hydrogen-bond donors (Lipinski definition) is 2. The van der Waals surface area contributed by atoms with Crippen molar-refractivity contribution in [2.75, 3.05) is 0 Å². The molecular weight excluding hydrogens is 574 g/mol. The average molecular weight is 595 g/mol. The molecular formula is C28H21BrClN3O5. The number of rotatable bonds is 9. The fourth-order valence-corrected chi connectivity index (χ4v) is 4.68. The fourth-order valence-electron chi connectivity index (χ4n) is 3.70. The molecule has 0 saturated heterocycles. The van der Waals surface area contributed by atoms with Crippen molar-refractivity contribution in [1.29, 1.82) is 0 Å². The molecule has 192 valence electrons. The molecule has 0 saturated carbocycles. The summed E-state index contributed by atoms with van der Waals surface area (Å²) in [5, 5.41) is 26.6. The van der Waals surface area contributed by atoms with Crippen molar-refractivity contribution < 1.29 is 19.6 Å². The normalized spacial score (nSPS) is 11.3. The first-order valence-corrected chi connectivity index (χ1v) is 12.5. The van der Waals surface area contributed by atoms with Gasteiger partial charge in [0.05, 0.1) is 20.6 Å². The van der Waals surface area contributed by atoms with Gasteiger partial charge in [-0.15, -0.1) is 0 Å². The van der Waals surface area contributed by atoms with Gasteiger partial charge in [0.25, 0.3) is 11.6 Å². The van der Waals surface area contributed by atoms with Gasteiger partial charge in [0, 0.05) is 12.1 Å². The van der Waals surface area contributed by atoms with Gasteiger partial charge in [-0.05, 0) is 62.4 Å². The van der Waals surface area contributed by atoms with Gasteiger partial charge >= 0.3 is 0 Å². The van der Waals surface area contributed by atoms with Crippen molar-refractivity contribution in [3.63, 3.8) is 0 Å². The third-order valence-electron chi connectivity index (χ3n) is 5.64. The maximum absolute atomic E-state index is 13.2. The Morgan fingerprint density at radius 3 is 2.13 bits per heavy atom. The summed E-state index contributed by atoms with van der Waals surface area (Å²) >= 11 is 9.84. The van der Waals surface area contributed by atoms with Gasteiger partial charge in [-0.2, -0.15) is 5.10 Å². The fraction of sp³-hybridized carbons (Fsp3) is 0.0714. The van der Waals surface area contributed by atoms with Crippen LogP contribution in [-0.4, -0.2) is 22.2 Å². The van der Waals surface area contributed by atoms with Gasteiger partial charge in [-0.1, -0.05) is 72.3 Å². The molecule has 1 amide bonds. The zero-order chi connectivity index (χ0) is 27.1. The molecule has 0 aliphatic rings. The number of carbonyl (C=O) groups excluding carboxylic acids is 1. The summed E-state index contributed by atoms with van der Waals surface area (Å²) in [4.78, 5) is 23.5. The molecule has 10 heteroatoms. The predicted octanol–water partition coefficient (Wildman–Crippen LogP) is 5.98. The minimum atomic E-state index is -1.95. The average Bonchev–Trinajstić information content (AvgIpc) is 2.93. The topological polar surface area (TPSA) is 114 Å². The van der Waals surface area contributed by atoms with Gasteiger partial charge in [0.2, 0.25) is 0 Å².